The number of terminal acetylenes is 1. The normalized spacial score (nSPS) is 16.4. The zero-order valence-corrected chi connectivity index (χ0v) is 11.7. The first kappa shape index (κ1) is 15.5. The lowest BCUT2D eigenvalue weighted by molar-refractivity contribution is -0.222. The van der Waals surface area contributed by atoms with Crippen molar-refractivity contribution in [3.63, 3.8) is 0 Å². The molecular formula is C15H11F2NO4. The number of hydrogen-bond donors (Lipinski definition) is 1. The smallest absolute Gasteiger partial charge is 0.350 e. The molecule has 1 N–H and O–H groups in total. The summed E-state index contributed by atoms with van der Waals surface area (Å²) >= 11 is 0. The monoisotopic (exact) mass is 307 g/mol. The number of halogens is 2. The molecule has 1 saturated heterocycles. The van der Waals surface area contributed by atoms with Gasteiger partial charge >= 0.3 is 11.9 Å². The molecule has 0 bridgehead atoms. The van der Waals surface area contributed by atoms with E-state index in [0.717, 1.165) is 18.3 Å². The first-order valence-corrected chi connectivity index (χ1v) is 6.12. The average molecular weight is 307 g/mol. The Hall–Kier alpha value is -2.88. The number of rotatable bonds is 2. The van der Waals surface area contributed by atoms with Crippen LogP contribution in [0.5, 0.6) is 0 Å². The third kappa shape index (κ3) is 3.06. The van der Waals surface area contributed by atoms with Gasteiger partial charge in [0.1, 0.15) is 0 Å². The Bertz CT molecular complexity index is 710. The van der Waals surface area contributed by atoms with E-state index in [2.05, 4.69) is 11.2 Å². The van der Waals surface area contributed by atoms with Crippen molar-refractivity contribution in [1.29, 1.82) is 0 Å². The Labute approximate surface area is 124 Å². The van der Waals surface area contributed by atoms with Crippen molar-refractivity contribution in [2.45, 2.75) is 19.6 Å². The lowest BCUT2D eigenvalue weighted by atomic mass is 10.1. The Morgan fingerprint density at radius 1 is 1.18 bits per heavy atom. The lowest BCUT2D eigenvalue weighted by Crippen LogP contribution is -2.42. The fourth-order valence-corrected chi connectivity index (χ4v) is 1.71. The van der Waals surface area contributed by atoms with Crippen LogP contribution in [0.15, 0.2) is 23.9 Å². The molecule has 1 fully saturated rings. The Balaban J connectivity index is 2.29. The summed E-state index contributed by atoms with van der Waals surface area (Å²) < 4.78 is 36.1. The molecule has 22 heavy (non-hydrogen) atoms. The van der Waals surface area contributed by atoms with E-state index in [1.165, 1.54) is 13.8 Å². The van der Waals surface area contributed by atoms with Crippen LogP contribution in [0.25, 0.3) is 0 Å². The number of nitrogens with one attached hydrogen (secondary N) is 1. The van der Waals surface area contributed by atoms with Crippen LogP contribution < -0.4 is 5.32 Å². The molecule has 0 amide bonds. The predicted molar refractivity (Wildman–Crippen MR) is 72.3 cm³/mol. The van der Waals surface area contributed by atoms with Crippen molar-refractivity contribution < 1.29 is 27.8 Å². The van der Waals surface area contributed by atoms with Gasteiger partial charge in [0, 0.05) is 26.1 Å². The van der Waals surface area contributed by atoms with Crippen molar-refractivity contribution in [2.24, 2.45) is 0 Å². The molecule has 0 spiro atoms. The van der Waals surface area contributed by atoms with Gasteiger partial charge in [-0.1, -0.05) is 5.92 Å². The van der Waals surface area contributed by atoms with Gasteiger partial charge in [-0.15, -0.1) is 6.42 Å². The number of carbonyl (C=O) groups excluding carboxylic acids is 2. The van der Waals surface area contributed by atoms with Crippen LogP contribution in [-0.4, -0.2) is 17.7 Å². The second kappa shape index (κ2) is 5.48. The first-order valence-electron chi connectivity index (χ1n) is 6.12. The van der Waals surface area contributed by atoms with E-state index in [1.54, 1.807) is 0 Å². The highest BCUT2D eigenvalue weighted by molar-refractivity contribution is 6.15. The summed E-state index contributed by atoms with van der Waals surface area (Å²) in [5.41, 5.74) is -0.389. The van der Waals surface area contributed by atoms with Gasteiger partial charge in [-0.25, -0.2) is 18.4 Å². The highest BCUT2D eigenvalue weighted by atomic mass is 19.2. The first-order chi connectivity index (χ1) is 10.2. The number of carbonyl (C=O) groups is 2. The van der Waals surface area contributed by atoms with E-state index in [9.17, 15) is 18.4 Å². The van der Waals surface area contributed by atoms with Crippen LogP contribution in [0, 0.1) is 24.0 Å². The highest BCUT2D eigenvalue weighted by Gasteiger charge is 2.38. The van der Waals surface area contributed by atoms with Crippen molar-refractivity contribution in [1.82, 2.24) is 0 Å². The maximum atomic E-state index is 13.2. The summed E-state index contributed by atoms with van der Waals surface area (Å²) in [6.07, 6.45) is 6.15. The maximum absolute atomic E-state index is 13.2. The van der Waals surface area contributed by atoms with Gasteiger partial charge in [-0.05, 0) is 6.07 Å². The minimum absolute atomic E-state index is 0.0133. The highest BCUT2D eigenvalue weighted by Crippen LogP contribution is 2.24. The molecule has 114 valence electrons. The summed E-state index contributed by atoms with van der Waals surface area (Å²) in [5, 5.41) is 2.48. The Morgan fingerprint density at radius 2 is 1.73 bits per heavy atom. The molecule has 2 rings (SSSR count). The van der Waals surface area contributed by atoms with Gasteiger partial charge in [0.2, 0.25) is 0 Å². The Morgan fingerprint density at radius 3 is 2.27 bits per heavy atom. The van der Waals surface area contributed by atoms with Gasteiger partial charge < -0.3 is 14.8 Å². The summed E-state index contributed by atoms with van der Waals surface area (Å²) in [4.78, 5) is 23.4. The molecule has 1 aromatic rings. The molecule has 0 aromatic heterocycles. The van der Waals surface area contributed by atoms with E-state index in [1.807, 2.05) is 0 Å². The SMILES string of the molecule is C#Cc1cc(F)c(F)cc1NC=C1C(=O)OC(C)(C)OC1=O. The molecule has 5 nitrogen and oxygen atoms in total. The van der Waals surface area contributed by atoms with Crippen molar-refractivity contribution in [3.8, 4) is 12.3 Å². The number of anilines is 1. The third-order valence-electron chi connectivity index (χ3n) is 2.70. The lowest BCUT2D eigenvalue weighted by Gasteiger charge is -2.29. The fourth-order valence-electron chi connectivity index (χ4n) is 1.71. The van der Waals surface area contributed by atoms with Crippen LogP contribution in [0.4, 0.5) is 14.5 Å². The van der Waals surface area contributed by atoms with Gasteiger partial charge in [0.25, 0.3) is 5.79 Å². The van der Waals surface area contributed by atoms with Crippen LogP contribution >= 0.6 is 0 Å². The van der Waals surface area contributed by atoms with Crippen molar-refractivity contribution in [3.05, 3.63) is 41.1 Å². The number of esters is 2. The van der Waals surface area contributed by atoms with Crippen LogP contribution in [0.3, 0.4) is 0 Å². The molecule has 0 saturated carbocycles. The molecule has 0 radical (unpaired) electrons. The molecule has 1 aromatic carbocycles. The molecule has 0 atom stereocenters. The standard InChI is InChI=1S/C15H11F2NO4/c1-4-8-5-10(16)11(17)6-12(8)18-7-9-13(19)21-15(2,3)22-14(9)20/h1,5-7,18H,2-3H3. The van der Waals surface area contributed by atoms with E-state index in [4.69, 9.17) is 15.9 Å². The predicted octanol–water partition coefficient (Wildman–Crippen LogP) is 2.08. The van der Waals surface area contributed by atoms with E-state index < -0.39 is 34.9 Å². The topological polar surface area (TPSA) is 64.6 Å². The number of ether oxygens (including phenoxy) is 2. The minimum atomic E-state index is -1.36. The van der Waals surface area contributed by atoms with Gasteiger partial charge in [0.05, 0.1) is 11.3 Å². The molecule has 0 aliphatic carbocycles. The largest absolute Gasteiger partial charge is 0.419 e. The van der Waals surface area contributed by atoms with E-state index in [-0.39, 0.29) is 11.3 Å². The second-order valence-corrected chi connectivity index (χ2v) is 4.84. The number of hydrogen-bond acceptors (Lipinski definition) is 5. The van der Waals surface area contributed by atoms with Crippen LogP contribution in [0.2, 0.25) is 0 Å². The van der Waals surface area contributed by atoms with E-state index >= 15 is 0 Å². The summed E-state index contributed by atoms with van der Waals surface area (Å²) in [7, 11) is 0. The van der Waals surface area contributed by atoms with Crippen LogP contribution in [-0.2, 0) is 19.1 Å². The fraction of sp³-hybridized carbons (Fsp3) is 0.200. The molecule has 1 heterocycles. The Kier molecular flexibility index (Phi) is 3.87. The molecule has 0 unspecified atom stereocenters. The zero-order chi connectivity index (χ0) is 16.5. The van der Waals surface area contributed by atoms with Crippen molar-refractivity contribution in [2.75, 3.05) is 5.32 Å². The number of benzene rings is 1. The van der Waals surface area contributed by atoms with Crippen molar-refractivity contribution >= 4 is 17.6 Å². The summed E-state index contributed by atoms with van der Waals surface area (Å²) in [6, 6.07) is 1.63. The van der Waals surface area contributed by atoms with Gasteiger partial charge in [0.15, 0.2) is 17.2 Å². The zero-order valence-electron chi connectivity index (χ0n) is 11.7. The molecule has 7 heteroatoms. The summed E-state index contributed by atoms with van der Waals surface area (Å²) in [6.45, 7) is 2.80. The summed E-state index contributed by atoms with van der Waals surface area (Å²) in [5.74, 6) is -3.25. The van der Waals surface area contributed by atoms with Gasteiger partial charge in [-0.3, -0.25) is 0 Å². The molecule has 1 aliphatic rings. The van der Waals surface area contributed by atoms with Gasteiger partial charge in [-0.2, -0.15) is 0 Å². The number of cyclic esters (lactones) is 2. The third-order valence-corrected chi connectivity index (χ3v) is 2.70. The molecule has 1 aliphatic heterocycles. The maximum Gasteiger partial charge on any atom is 0.350 e. The van der Waals surface area contributed by atoms with E-state index in [0.29, 0.717) is 0 Å². The van der Waals surface area contributed by atoms with Crippen LogP contribution in [0.1, 0.15) is 19.4 Å². The second-order valence-electron chi connectivity index (χ2n) is 4.84. The minimum Gasteiger partial charge on any atom is -0.419 e. The molecular weight excluding hydrogens is 296 g/mol. The quantitative estimate of drug-likeness (QED) is 0.392. The average Bonchev–Trinajstić information content (AvgIpc) is 2.40.